The number of hydrogen-bond donors (Lipinski definition) is 2. The zero-order chi connectivity index (χ0) is 27.7. The Labute approximate surface area is 229 Å². The molecular formula is C28H33N5O5S. The van der Waals surface area contributed by atoms with Crippen LogP contribution in [0.2, 0.25) is 0 Å². The van der Waals surface area contributed by atoms with Crippen LogP contribution in [0.25, 0.3) is 11.0 Å². The van der Waals surface area contributed by atoms with Crippen LogP contribution in [0, 0.1) is 6.92 Å². The fourth-order valence-electron chi connectivity index (χ4n) is 4.93. The van der Waals surface area contributed by atoms with E-state index in [0.29, 0.717) is 13.0 Å². The Hall–Kier alpha value is -3.51. The molecule has 0 bridgehead atoms. The van der Waals surface area contributed by atoms with E-state index in [1.807, 2.05) is 57.3 Å². The van der Waals surface area contributed by atoms with Crippen molar-refractivity contribution >= 4 is 27.8 Å². The number of pyridine rings is 1. The van der Waals surface area contributed by atoms with Crippen LogP contribution >= 0.6 is 10.8 Å². The summed E-state index contributed by atoms with van der Waals surface area (Å²) in [7, 11) is -0.133. The van der Waals surface area contributed by atoms with E-state index in [9.17, 15) is 13.9 Å². The molecule has 11 heteroatoms. The van der Waals surface area contributed by atoms with Crippen LogP contribution in [0.1, 0.15) is 47.9 Å². The molecule has 0 fully saturated rings. The minimum Gasteiger partial charge on any atom is -0.472 e. The highest BCUT2D eigenvalue weighted by molar-refractivity contribution is 8.22. The molecule has 0 radical (unpaired) electrons. The summed E-state index contributed by atoms with van der Waals surface area (Å²) in [5.41, 5.74) is 5.40. The summed E-state index contributed by atoms with van der Waals surface area (Å²) >= 11 is 0. The Kier molecular flexibility index (Phi) is 7.59. The van der Waals surface area contributed by atoms with Crippen molar-refractivity contribution in [2.24, 2.45) is 7.05 Å². The van der Waals surface area contributed by atoms with Gasteiger partial charge in [0, 0.05) is 25.7 Å². The summed E-state index contributed by atoms with van der Waals surface area (Å²) in [6.07, 6.45) is 2.17. The average molecular weight is 552 g/mol. The Morgan fingerprint density at radius 3 is 2.74 bits per heavy atom. The lowest BCUT2D eigenvalue weighted by Crippen LogP contribution is -2.34. The number of benzene rings is 2. The first-order valence-corrected chi connectivity index (χ1v) is 14.3. The standard InChI is InChI=1S/C28H33N5O5S/c1-5-22-17-33(39(35,36)26-7-6-12-29-28(26)38-22)16-21-13-19(9-8-18(21)2)23(15-27(34)37-4)20-10-11-25-24(14-20)30-31-32(25)3/h6-14,22-23,35-36H,5,15-17H2,1-4H3. The molecule has 5 rings (SSSR count). The van der Waals surface area contributed by atoms with Crippen molar-refractivity contribution in [2.75, 3.05) is 13.7 Å². The zero-order valence-electron chi connectivity index (χ0n) is 22.4. The van der Waals surface area contributed by atoms with Crippen molar-refractivity contribution in [1.82, 2.24) is 24.3 Å². The number of rotatable bonds is 7. The molecule has 0 aliphatic carbocycles. The third-order valence-corrected chi connectivity index (χ3v) is 9.19. The van der Waals surface area contributed by atoms with Crippen LogP contribution in [-0.2, 0) is 23.1 Å². The fourth-order valence-corrected chi connectivity index (χ4v) is 6.49. The van der Waals surface area contributed by atoms with Crippen LogP contribution in [0.15, 0.2) is 59.6 Å². The predicted octanol–water partition coefficient (Wildman–Crippen LogP) is 5.06. The molecule has 0 saturated carbocycles. The molecular weight excluding hydrogens is 518 g/mol. The first-order chi connectivity index (χ1) is 18.7. The summed E-state index contributed by atoms with van der Waals surface area (Å²) in [4.78, 5) is 17.0. The highest BCUT2D eigenvalue weighted by Gasteiger charge is 2.35. The number of methoxy groups -OCH3 is 1. The van der Waals surface area contributed by atoms with E-state index < -0.39 is 10.8 Å². The average Bonchev–Trinajstić information content (AvgIpc) is 3.26. The highest BCUT2D eigenvalue weighted by atomic mass is 32.3. The largest absolute Gasteiger partial charge is 0.472 e. The van der Waals surface area contributed by atoms with Crippen molar-refractivity contribution in [3.05, 3.63) is 77.0 Å². The molecule has 0 saturated heterocycles. The van der Waals surface area contributed by atoms with Gasteiger partial charge in [0.25, 0.3) is 0 Å². The first kappa shape index (κ1) is 27.1. The molecule has 1 aliphatic heterocycles. The monoisotopic (exact) mass is 551 g/mol. The van der Waals surface area contributed by atoms with E-state index in [1.54, 1.807) is 27.3 Å². The van der Waals surface area contributed by atoms with Crippen molar-refractivity contribution in [1.29, 1.82) is 0 Å². The van der Waals surface area contributed by atoms with Gasteiger partial charge in [0.05, 0.1) is 25.6 Å². The van der Waals surface area contributed by atoms with Crippen LogP contribution in [-0.4, -0.2) is 59.1 Å². The zero-order valence-corrected chi connectivity index (χ0v) is 23.3. The summed E-state index contributed by atoms with van der Waals surface area (Å²) in [5, 5.41) is 8.34. The maximum absolute atomic E-state index is 12.5. The SMILES string of the molecule is CCC1CN(Cc2cc(C(CC(=O)OC)c3ccc4c(c3)nnn4C)ccc2C)S(O)(O)c2cccnc2O1. The molecule has 3 heterocycles. The van der Waals surface area contributed by atoms with Crippen LogP contribution in [0.4, 0.5) is 0 Å². The first-order valence-electron chi connectivity index (χ1n) is 12.8. The van der Waals surface area contributed by atoms with E-state index in [1.165, 1.54) is 7.11 Å². The Morgan fingerprint density at radius 1 is 1.21 bits per heavy atom. The molecule has 2 aromatic heterocycles. The highest BCUT2D eigenvalue weighted by Crippen LogP contribution is 2.57. The molecule has 2 N–H and O–H groups in total. The maximum atomic E-state index is 12.5. The third kappa shape index (κ3) is 5.35. The number of esters is 1. The Bertz CT molecular complexity index is 1510. The van der Waals surface area contributed by atoms with Gasteiger partial charge in [-0.3, -0.25) is 13.9 Å². The van der Waals surface area contributed by atoms with Gasteiger partial charge in [-0.15, -0.1) is 15.9 Å². The maximum Gasteiger partial charge on any atom is 0.306 e. The number of carbonyl (C=O) groups excluding carboxylic acids is 1. The second-order valence-electron chi connectivity index (χ2n) is 9.78. The number of aromatic nitrogens is 4. The van der Waals surface area contributed by atoms with Gasteiger partial charge in [-0.2, -0.15) is 4.31 Å². The summed E-state index contributed by atoms with van der Waals surface area (Å²) < 4.78 is 37.3. The molecule has 2 aromatic carbocycles. The summed E-state index contributed by atoms with van der Waals surface area (Å²) in [6, 6.07) is 15.3. The summed E-state index contributed by atoms with van der Waals surface area (Å²) in [6.45, 7) is 4.60. The van der Waals surface area contributed by atoms with Crippen molar-refractivity contribution < 1.29 is 23.4 Å². The van der Waals surface area contributed by atoms with Gasteiger partial charge in [0.2, 0.25) is 5.88 Å². The number of nitrogens with zero attached hydrogens (tertiary/aromatic N) is 5. The van der Waals surface area contributed by atoms with Gasteiger partial charge in [0.1, 0.15) is 16.5 Å². The molecule has 0 amide bonds. The Morgan fingerprint density at radius 2 is 1.97 bits per heavy atom. The molecule has 10 nitrogen and oxygen atoms in total. The smallest absolute Gasteiger partial charge is 0.306 e. The topological polar surface area (TPSA) is 123 Å². The molecule has 2 unspecified atom stereocenters. The normalized spacial score (nSPS) is 18.6. The lowest BCUT2D eigenvalue weighted by atomic mass is 9.86. The van der Waals surface area contributed by atoms with Gasteiger partial charge in [-0.25, -0.2) is 9.67 Å². The van der Waals surface area contributed by atoms with E-state index in [2.05, 4.69) is 15.3 Å². The minimum absolute atomic E-state index is 0.147. The van der Waals surface area contributed by atoms with Gasteiger partial charge in [0.15, 0.2) is 0 Å². The molecule has 2 atom stereocenters. The number of aryl methyl sites for hydroxylation is 2. The fraction of sp³-hybridized carbons (Fsp3) is 0.357. The molecule has 4 aromatic rings. The van der Waals surface area contributed by atoms with Crippen LogP contribution in [0.5, 0.6) is 5.88 Å². The van der Waals surface area contributed by atoms with Crippen LogP contribution in [0.3, 0.4) is 0 Å². The van der Waals surface area contributed by atoms with Gasteiger partial charge >= 0.3 is 5.97 Å². The van der Waals surface area contributed by atoms with Crippen molar-refractivity contribution in [2.45, 2.75) is 50.2 Å². The predicted molar refractivity (Wildman–Crippen MR) is 149 cm³/mol. The lowest BCUT2D eigenvalue weighted by molar-refractivity contribution is -0.140. The quantitative estimate of drug-likeness (QED) is 0.303. The van der Waals surface area contributed by atoms with Gasteiger partial charge in [-0.1, -0.05) is 36.4 Å². The van der Waals surface area contributed by atoms with E-state index in [4.69, 9.17) is 9.47 Å². The number of fused-ring (bicyclic) bond motifs is 2. The van der Waals surface area contributed by atoms with E-state index in [0.717, 1.165) is 33.3 Å². The number of ether oxygens (including phenoxy) is 2. The second kappa shape index (κ2) is 10.9. The Balaban J connectivity index is 1.53. The summed E-state index contributed by atoms with van der Waals surface area (Å²) in [5.74, 6) is -0.352. The molecule has 0 spiro atoms. The molecule has 39 heavy (non-hydrogen) atoms. The number of carbonyl (C=O) groups is 1. The van der Waals surface area contributed by atoms with Crippen LogP contribution < -0.4 is 4.74 Å². The third-order valence-electron chi connectivity index (χ3n) is 7.29. The van der Waals surface area contributed by atoms with E-state index in [-0.39, 0.29) is 41.7 Å². The van der Waals surface area contributed by atoms with Gasteiger partial charge in [-0.05, 0) is 59.9 Å². The van der Waals surface area contributed by atoms with Crippen molar-refractivity contribution in [3.63, 3.8) is 0 Å². The second-order valence-corrected chi connectivity index (χ2v) is 11.8. The molecule has 1 aliphatic rings. The van der Waals surface area contributed by atoms with Gasteiger partial charge < -0.3 is 9.47 Å². The van der Waals surface area contributed by atoms with Crippen molar-refractivity contribution in [3.8, 4) is 5.88 Å². The van der Waals surface area contributed by atoms with E-state index >= 15 is 0 Å². The number of hydrogen-bond acceptors (Lipinski definition) is 9. The molecule has 206 valence electrons. The lowest BCUT2D eigenvalue weighted by Gasteiger charge is -2.41. The minimum atomic E-state index is -3.35.